The van der Waals surface area contributed by atoms with Gasteiger partial charge < -0.3 is 19.8 Å². The van der Waals surface area contributed by atoms with Crippen LogP contribution in [0.5, 0.6) is 11.5 Å². The second-order valence-electron chi connectivity index (χ2n) is 9.45. The molecule has 34 heavy (non-hydrogen) atoms. The van der Waals surface area contributed by atoms with Gasteiger partial charge in [0, 0.05) is 17.7 Å². The van der Waals surface area contributed by atoms with Crippen molar-refractivity contribution in [2.75, 3.05) is 13.2 Å². The number of carbonyl (C=O) groups is 2. The molecule has 0 bridgehead atoms. The third-order valence-corrected chi connectivity index (χ3v) is 6.24. The number of ether oxygens (including phenoxy) is 1. The fraction of sp³-hybridized carbons (Fsp3) is 0.407. The van der Waals surface area contributed by atoms with Crippen molar-refractivity contribution in [3.8, 4) is 11.5 Å². The zero-order valence-electron chi connectivity index (χ0n) is 20.3. The largest absolute Gasteiger partial charge is 0.507 e. The van der Waals surface area contributed by atoms with Crippen LogP contribution in [-0.2, 0) is 15.0 Å². The van der Waals surface area contributed by atoms with Gasteiger partial charge in [-0.2, -0.15) is 0 Å². The summed E-state index contributed by atoms with van der Waals surface area (Å²) >= 11 is 6.15. The Kier molecular flexibility index (Phi) is 7.61. The van der Waals surface area contributed by atoms with Gasteiger partial charge in [-0.15, -0.1) is 0 Å². The number of Topliss-reactive ketones (excluding diaryl/α,β-unsaturated/α-hetero) is 1. The van der Waals surface area contributed by atoms with E-state index in [1.165, 1.54) is 17.0 Å². The molecule has 2 N–H and O–H groups in total. The highest BCUT2D eigenvalue weighted by atomic mass is 35.5. The minimum Gasteiger partial charge on any atom is -0.507 e. The number of likely N-dealkylation sites (tertiary alicyclic amines) is 1. The highest BCUT2D eigenvalue weighted by Gasteiger charge is 2.46. The first-order valence-corrected chi connectivity index (χ1v) is 11.9. The molecule has 1 atom stereocenters. The zero-order chi connectivity index (χ0) is 25.2. The first-order valence-electron chi connectivity index (χ1n) is 11.6. The Bertz CT molecular complexity index is 1130. The molecule has 182 valence electrons. The van der Waals surface area contributed by atoms with Gasteiger partial charge in [-0.05, 0) is 54.7 Å². The Balaban J connectivity index is 2.22. The van der Waals surface area contributed by atoms with Crippen LogP contribution in [0.15, 0.2) is 42.0 Å². The molecule has 1 fully saturated rings. The maximum absolute atomic E-state index is 13.2. The zero-order valence-corrected chi connectivity index (χ0v) is 21.1. The van der Waals surface area contributed by atoms with Crippen LogP contribution in [-0.4, -0.2) is 40.0 Å². The number of hydrogen-bond acceptors (Lipinski definition) is 5. The molecule has 1 saturated heterocycles. The van der Waals surface area contributed by atoms with Gasteiger partial charge in [0.25, 0.3) is 11.7 Å². The van der Waals surface area contributed by atoms with Crippen LogP contribution >= 0.6 is 11.6 Å². The van der Waals surface area contributed by atoms with Crippen molar-refractivity contribution < 1.29 is 24.5 Å². The van der Waals surface area contributed by atoms with E-state index in [9.17, 15) is 19.8 Å². The first-order chi connectivity index (χ1) is 16.0. The van der Waals surface area contributed by atoms with E-state index < -0.39 is 17.7 Å². The van der Waals surface area contributed by atoms with Crippen LogP contribution in [0.2, 0.25) is 5.02 Å². The van der Waals surface area contributed by atoms with Crippen molar-refractivity contribution in [2.24, 2.45) is 0 Å². The SMILES string of the molecule is CCCCN1C(=O)C(=O)/C(=C(\O)c2ccc(OCC)c(C(C)(C)C)c2)C1c1ccc(O)c(Cl)c1. The van der Waals surface area contributed by atoms with Crippen LogP contribution in [0.4, 0.5) is 0 Å². The van der Waals surface area contributed by atoms with Gasteiger partial charge in [-0.1, -0.05) is 51.8 Å². The van der Waals surface area contributed by atoms with Gasteiger partial charge in [0.05, 0.1) is 23.2 Å². The van der Waals surface area contributed by atoms with E-state index in [0.717, 1.165) is 12.0 Å². The lowest BCUT2D eigenvalue weighted by atomic mass is 9.84. The van der Waals surface area contributed by atoms with Crippen LogP contribution in [0, 0.1) is 0 Å². The molecule has 0 aromatic heterocycles. The normalized spacial score (nSPS) is 17.9. The second-order valence-corrected chi connectivity index (χ2v) is 9.86. The first kappa shape index (κ1) is 25.6. The summed E-state index contributed by atoms with van der Waals surface area (Å²) in [6.45, 7) is 10.9. The molecule has 0 radical (unpaired) electrons. The molecule has 1 aliphatic rings. The molecule has 2 aromatic rings. The summed E-state index contributed by atoms with van der Waals surface area (Å²) in [6, 6.07) is 9.03. The molecule has 0 spiro atoms. The maximum Gasteiger partial charge on any atom is 0.295 e. The Morgan fingerprint density at radius 2 is 1.82 bits per heavy atom. The number of aliphatic hydroxyl groups excluding tert-OH is 1. The number of aliphatic hydroxyl groups is 1. The van der Waals surface area contributed by atoms with E-state index >= 15 is 0 Å². The van der Waals surface area contributed by atoms with Gasteiger partial charge >= 0.3 is 0 Å². The quantitative estimate of drug-likeness (QED) is 0.287. The van der Waals surface area contributed by atoms with Gasteiger partial charge in [-0.3, -0.25) is 9.59 Å². The van der Waals surface area contributed by atoms with Crippen molar-refractivity contribution in [2.45, 2.75) is 58.9 Å². The number of phenols is 1. The number of phenolic OH excluding ortho intramolecular Hbond substituents is 1. The number of ketones is 1. The van der Waals surface area contributed by atoms with E-state index in [-0.39, 0.29) is 27.5 Å². The smallest absolute Gasteiger partial charge is 0.295 e. The molecule has 1 unspecified atom stereocenters. The van der Waals surface area contributed by atoms with Crippen molar-refractivity contribution in [3.63, 3.8) is 0 Å². The van der Waals surface area contributed by atoms with E-state index in [1.807, 2.05) is 34.6 Å². The van der Waals surface area contributed by atoms with Gasteiger partial charge in [0.15, 0.2) is 0 Å². The fourth-order valence-corrected chi connectivity index (χ4v) is 4.37. The van der Waals surface area contributed by atoms with Gasteiger partial charge in [0.1, 0.15) is 17.3 Å². The number of rotatable bonds is 7. The third kappa shape index (κ3) is 4.92. The fourth-order valence-electron chi connectivity index (χ4n) is 4.18. The molecule has 3 rings (SSSR count). The lowest BCUT2D eigenvalue weighted by Gasteiger charge is -2.26. The van der Waals surface area contributed by atoms with Crippen molar-refractivity contribution >= 4 is 29.1 Å². The average Bonchev–Trinajstić information content (AvgIpc) is 3.03. The average molecular weight is 486 g/mol. The minimum absolute atomic E-state index is 0.00637. The number of hydrogen-bond donors (Lipinski definition) is 2. The van der Waals surface area contributed by atoms with E-state index in [1.54, 1.807) is 24.3 Å². The number of halogens is 1. The Morgan fingerprint density at radius 1 is 1.12 bits per heavy atom. The molecular weight excluding hydrogens is 454 g/mol. The Hall–Kier alpha value is -2.99. The van der Waals surface area contributed by atoms with Gasteiger partial charge in [0.2, 0.25) is 0 Å². The molecule has 7 heteroatoms. The number of unbranched alkanes of at least 4 members (excludes halogenated alkanes) is 1. The lowest BCUT2D eigenvalue weighted by Crippen LogP contribution is -2.30. The highest BCUT2D eigenvalue weighted by Crippen LogP contribution is 2.42. The lowest BCUT2D eigenvalue weighted by molar-refractivity contribution is -0.139. The minimum atomic E-state index is -0.811. The third-order valence-electron chi connectivity index (χ3n) is 5.94. The van der Waals surface area contributed by atoms with Gasteiger partial charge in [-0.25, -0.2) is 0 Å². The maximum atomic E-state index is 13.2. The molecule has 0 aliphatic carbocycles. The predicted molar refractivity (Wildman–Crippen MR) is 133 cm³/mol. The van der Waals surface area contributed by atoms with Crippen molar-refractivity contribution in [3.05, 3.63) is 63.7 Å². The van der Waals surface area contributed by atoms with E-state index in [0.29, 0.717) is 36.4 Å². The molecule has 2 aromatic carbocycles. The predicted octanol–water partition coefficient (Wildman–Crippen LogP) is 5.96. The number of carbonyl (C=O) groups excluding carboxylic acids is 2. The molecule has 1 aliphatic heterocycles. The summed E-state index contributed by atoms with van der Waals surface area (Å²) in [7, 11) is 0. The topological polar surface area (TPSA) is 87.1 Å². The standard InChI is InChI=1S/C27H32ClNO5/c1-6-8-13-29-23(16-9-11-20(30)19(28)15-16)22(25(32)26(29)33)24(31)17-10-12-21(34-7-2)18(14-17)27(3,4)5/h9-12,14-15,23,30-31H,6-8,13H2,1-5H3/b24-22-. The van der Waals surface area contributed by atoms with Crippen molar-refractivity contribution in [1.29, 1.82) is 0 Å². The molecule has 1 amide bonds. The highest BCUT2D eigenvalue weighted by molar-refractivity contribution is 6.46. The summed E-state index contributed by atoms with van der Waals surface area (Å²) in [6.07, 6.45) is 1.53. The van der Waals surface area contributed by atoms with Crippen molar-refractivity contribution in [1.82, 2.24) is 4.90 Å². The molecular formula is C27H32ClNO5. The van der Waals surface area contributed by atoms with E-state index in [2.05, 4.69) is 0 Å². The van der Waals surface area contributed by atoms with Crippen LogP contribution in [0.25, 0.3) is 5.76 Å². The Labute approximate surface area is 205 Å². The number of nitrogens with zero attached hydrogens (tertiary/aromatic N) is 1. The summed E-state index contributed by atoms with van der Waals surface area (Å²) in [5, 5.41) is 21.4. The number of amides is 1. The number of benzene rings is 2. The monoisotopic (exact) mass is 485 g/mol. The van der Waals surface area contributed by atoms with Crippen LogP contribution < -0.4 is 4.74 Å². The summed E-state index contributed by atoms with van der Waals surface area (Å²) in [5.41, 5.74) is 1.57. The molecule has 0 saturated carbocycles. The number of aromatic hydroxyl groups is 1. The Morgan fingerprint density at radius 3 is 2.41 bits per heavy atom. The van der Waals surface area contributed by atoms with Crippen LogP contribution in [0.3, 0.4) is 0 Å². The molecule has 1 heterocycles. The summed E-state index contributed by atoms with van der Waals surface area (Å²) in [5.74, 6) is -1.05. The summed E-state index contributed by atoms with van der Waals surface area (Å²) < 4.78 is 5.77. The second kappa shape index (κ2) is 10.1. The summed E-state index contributed by atoms with van der Waals surface area (Å²) in [4.78, 5) is 27.6. The molecule has 6 nitrogen and oxygen atoms in total. The van der Waals surface area contributed by atoms with E-state index in [4.69, 9.17) is 16.3 Å². The van der Waals surface area contributed by atoms with Crippen LogP contribution in [0.1, 0.15) is 70.2 Å².